The van der Waals surface area contributed by atoms with Crippen molar-refractivity contribution in [3.05, 3.63) is 42.1 Å². The molecule has 1 heterocycles. The second-order valence-corrected chi connectivity index (χ2v) is 5.30. The molecule has 0 aliphatic heterocycles. The number of halogens is 3. The lowest BCUT2D eigenvalue weighted by Crippen LogP contribution is -2.23. The number of alkyl halides is 3. The predicted molar refractivity (Wildman–Crippen MR) is 94.3 cm³/mol. The van der Waals surface area contributed by atoms with Gasteiger partial charge in [0, 0.05) is 18.3 Å². The number of hydrogen-bond donors (Lipinski definition) is 2. The van der Waals surface area contributed by atoms with Crippen LogP contribution in [0.15, 0.2) is 41.5 Å². The standard InChI is InChI=1S/C17H19F3N4O3/c1-25-12-3-4-14(26-2)13(8-12)24-16(21)23-9-11-5-6-22-15(7-11)27-10-17(18,19)20/h3-8H,9-10H2,1-2H3,(H3,21,23,24). The monoisotopic (exact) mass is 384 g/mol. The molecule has 3 N–H and O–H groups in total. The van der Waals surface area contributed by atoms with Crippen molar-refractivity contribution < 1.29 is 27.4 Å². The number of benzene rings is 1. The summed E-state index contributed by atoms with van der Waals surface area (Å²) < 4.78 is 51.6. The van der Waals surface area contributed by atoms with E-state index in [1.54, 1.807) is 24.3 Å². The van der Waals surface area contributed by atoms with Gasteiger partial charge in [-0.05, 0) is 23.8 Å². The number of nitrogens with one attached hydrogen (secondary N) is 1. The average Bonchev–Trinajstić information content (AvgIpc) is 2.64. The van der Waals surface area contributed by atoms with Crippen molar-refractivity contribution in [2.45, 2.75) is 12.7 Å². The van der Waals surface area contributed by atoms with Crippen LogP contribution < -0.4 is 25.3 Å². The fraction of sp³-hybridized carbons (Fsp3) is 0.294. The van der Waals surface area contributed by atoms with E-state index in [-0.39, 0.29) is 18.4 Å². The van der Waals surface area contributed by atoms with Gasteiger partial charge in [0.1, 0.15) is 11.5 Å². The van der Waals surface area contributed by atoms with E-state index < -0.39 is 12.8 Å². The van der Waals surface area contributed by atoms with Crippen molar-refractivity contribution in [3.8, 4) is 17.4 Å². The molecular weight excluding hydrogens is 365 g/mol. The van der Waals surface area contributed by atoms with Crippen LogP contribution in [0.3, 0.4) is 0 Å². The maximum atomic E-state index is 12.2. The molecule has 0 unspecified atom stereocenters. The number of nitrogens with zero attached hydrogens (tertiary/aromatic N) is 2. The molecule has 0 saturated heterocycles. The van der Waals surface area contributed by atoms with Gasteiger partial charge in [0.05, 0.1) is 26.5 Å². The zero-order valence-corrected chi connectivity index (χ0v) is 14.7. The Hall–Kier alpha value is -3.17. The molecule has 10 heteroatoms. The minimum atomic E-state index is -4.43. The number of methoxy groups -OCH3 is 2. The second kappa shape index (κ2) is 8.97. The third-order valence-electron chi connectivity index (χ3n) is 3.28. The molecule has 0 amide bonds. The van der Waals surface area contributed by atoms with E-state index in [1.165, 1.54) is 26.5 Å². The first-order chi connectivity index (χ1) is 12.8. The summed E-state index contributed by atoms with van der Waals surface area (Å²) in [6.07, 6.45) is -3.09. The first-order valence-corrected chi connectivity index (χ1v) is 7.74. The number of pyridine rings is 1. The van der Waals surface area contributed by atoms with Gasteiger partial charge in [-0.25, -0.2) is 9.98 Å². The molecule has 1 aromatic carbocycles. The molecule has 0 saturated carbocycles. The van der Waals surface area contributed by atoms with Crippen molar-refractivity contribution in [3.63, 3.8) is 0 Å². The van der Waals surface area contributed by atoms with Crippen LogP contribution in [0.5, 0.6) is 17.4 Å². The lowest BCUT2D eigenvalue weighted by atomic mass is 10.2. The van der Waals surface area contributed by atoms with Crippen LogP contribution in [0.4, 0.5) is 18.9 Å². The Morgan fingerprint density at radius 3 is 2.63 bits per heavy atom. The first kappa shape index (κ1) is 20.1. The van der Waals surface area contributed by atoms with E-state index >= 15 is 0 Å². The molecule has 2 aromatic rings. The van der Waals surface area contributed by atoms with E-state index in [0.717, 1.165) is 0 Å². The average molecular weight is 384 g/mol. The van der Waals surface area contributed by atoms with E-state index in [1.807, 2.05) is 0 Å². The molecule has 0 aliphatic rings. The largest absolute Gasteiger partial charge is 0.497 e. The SMILES string of the molecule is COc1ccc(OC)c(NC(N)=NCc2ccnc(OCC(F)(F)F)c2)c1. The van der Waals surface area contributed by atoms with Gasteiger partial charge in [0.2, 0.25) is 5.88 Å². The van der Waals surface area contributed by atoms with Crippen LogP contribution in [-0.4, -0.2) is 37.9 Å². The summed E-state index contributed by atoms with van der Waals surface area (Å²) in [6, 6.07) is 8.10. The predicted octanol–water partition coefficient (Wildman–Crippen LogP) is 2.97. The molecule has 2 rings (SSSR count). The number of ether oxygens (including phenoxy) is 3. The number of aliphatic imine (C=N–C) groups is 1. The van der Waals surface area contributed by atoms with Crippen molar-refractivity contribution >= 4 is 11.6 Å². The van der Waals surface area contributed by atoms with Crippen LogP contribution in [0.25, 0.3) is 0 Å². The van der Waals surface area contributed by atoms with E-state index in [0.29, 0.717) is 22.7 Å². The van der Waals surface area contributed by atoms with Crippen molar-refractivity contribution in [2.75, 3.05) is 26.1 Å². The molecule has 146 valence electrons. The highest BCUT2D eigenvalue weighted by molar-refractivity contribution is 5.94. The molecule has 0 bridgehead atoms. The maximum absolute atomic E-state index is 12.2. The van der Waals surface area contributed by atoms with Gasteiger partial charge in [-0.15, -0.1) is 0 Å². The van der Waals surface area contributed by atoms with Crippen molar-refractivity contribution in [1.29, 1.82) is 0 Å². The fourth-order valence-electron chi connectivity index (χ4n) is 2.05. The summed E-state index contributed by atoms with van der Waals surface area (Å²) in [5, 5.41) is 2.89. The van der Waals surface area contributed by atoms with Crippen molar-refractivity contribution in [2.24, 2.45) is 10.7 Å². The first-order valence-electron chi connectivity index (χ1n) is 7.74. The van der Waals surface area contributed by atoms with Gasteiger partial charge in [-0.2, -0.15) is 13.2 Å². The highest BCUT2D eigenvalue weighted by Crippen LogP contribution is 2.28. The lowest BCUT2D eigenvalue weighted by molar-refractivity contribution is -0.154. The smallest absolute Gasteiger partial charge is 0.422 e. The lowest BCUT2D eigenvalue weighted by Gasteiger charge is -2.12. The zero-order valence-electron chi connectivity index (χ0n) is 14.7. The third kappa shape index (κ3) is 6.57. The number of guanidine groups is 1. The molecule has 0 fully saturated rings. The Balaban J connectivity index is 2.03. The second-order valence-electron chi connectivity index (χ2n) is 5.30. The van der Waals surface area contributed by atoms with Gasteiger partial charge in [0.15, 0.2) is 12.6 Å². The van der Waals surface area contributed by atoms with E-state index in [4.69, 9.17) is 15.2 Å². The molecule has 27 heavy (non-hydrogen) atoms. The minimum Gasteiger partial charge on any atom is -0.497 e. The number of aromatic nitrogens is 1. The van der Waals surface area contributed by atoms with Gasteiger partial charge < -0.3 is 25.3 Å². The molecule has 0 atom stereocenters. The van der Waals surface area contributed by atoms with Gasteiger partial charge in [-0.1, -0.05) is 0 Å². The summed E-state index contributed by atoms with van der Waals surface area (Å²) >= 11 is 0. The van der Waals surface area contributed by atoms with Crippen LogP contribution >= 0.6 is 0 Å². The van der Waals surface area contributed by atoms with Crippen molar-refractivity contribution in [1.82, 2.24) is 4.98 Å². The molecule has 7 nitrogen and oxygen atoms in total. The van der Waals surface area contributed by atoms with Crippen LogP contribution in [0, 0.1) is 0 Å². The van der Waals surface area contributed by atoms with Crippen LogP contribution in [0.2, 0.25) is 0 Å². The number of nitrogens with two attached hydrogens (primary N) is 1. The molecule has 0 aliphatic carbocycles. The highest BCUT2D eigenvalue weighted by atomic mass is 19.4. The summed E-state index contributed by atoms with van der Waals surface area (Å²) in [7, 11) is 3.05. The van der Waals surface area contributed by atoms with E-state index in [9.17, 15) is 13.2 Å². The summed E-state index contributed by atoms with van der Waals surface area (Å²) in [5.74, 6) is 1.10. The topological polar surface area (TPSA) is 91.0 Å². The van der Waals surface area contributed by atoms with Crippen LogP contribution in [0.1, 0.15) is 5.56 Å². The third-order valence-corrected chi connectivity index (χ3v) is 3.28. The summed E-state index contributed by atoms with van der Waals surface area (Å²) in [6.45, 7) is -1.29. The molecule has 1 aromatic heterocycles. The Kier molecular flexibility index (Phi) is 6.69. The normalized spacial score (nSPS) is 11.8. The zero-order chi connectivity index (χ0) is 19.9. The molecule has 0 spiro atoms. The van der Waals surface area contributed by atoms with Gasteiger partial charge in [-0.3, -0.25) is 0 Å². The number of hydrogen-bond acceptors (Lipinski definition) is 5. The quantitative estimate of drug-likeness (QED) is 0.563. The minimum absolute atomic E-state index is 0.0936. The summed E-state index contributed by atoms with van der Waals surface area (Å²) in [4.78, 5) is 7.88. The number of anilines is 1. The van der Waals surface area contributed by atoms with Crippen LogP contribution in [-0.2, 0) is 6.54 Å². The molecular formula is C17H19F3N4O3. The molecule has 0 radical (unpaired) electrons. The summed E-state index contributed by atoms with van der Waals surface area (Å²) in [5.41, 5.74) is 7.01. The Morgan fingerprint density at radius 2 is 1.96 bits per heavy atom. The fourth-order valence-corrected chi connectivity index (χ4v) is 2.05. The Bertz CT molecular complexity index is 797. The van der Waals surface area contributed by atoms with Gasteiger partial charge in [0.25, 0.3) is 0 Å². The Labute approximate surface area is 154 Å². The Morgan fingerprint density at radius 1 is 1.19 bits per heavy atom. The van der Waals surface area contributed by atoms with E-state index in [2.05, 4.69) is 20.0 Å². The van der Waals surface area contributed by atoms with Gasteiger partial charge >= 0.3 is 6.18 Å². The number of rotatable bonds is 7. The highest BCUT2D eigenvalue weighted by Gasteiger charge is 2.28. The maximum Gasteiger partial charge on any atom is 0.422 e.